The van der Waals surface area contributed by atoms with E-state index in [1.807, 2.05) is 0 Å². The van der Waals surface area contributed by atoms with Crippen molar-refractivity contribution in [2.24, 2.45) is 0 Å². The summed E-state index contributed by atoms with van der Waals surface area (Å²) in [5, 5.41) is 11.7. The van der Waals surface area contributed by atoms with Crippen LogP contribution in [0.15, 0.2) is 24.3 Å². The van der Waals surface area contributed by atoms with Crippen LogP contribution in [0, 0.1) is 0 Å². The number of hydrogen-bond acceptors (Lipinski definition) is 7. The predicted octanol–water partition coefficient (Wildman–Crippen LogP) is 2.84. The minimum Gasteiger partial charge on any atom is -0.508 e. The molecule has 25 heavy (non-hydrogen) atoms. The molecule has 0 aliphatic carbocycles. The van der Waals surface area contributed by atoms with Crippen molar-refractivity contribution in [3.63, 3.8) is 0 Å². The molecule has 0 heterocycles. The molecule has 9 heteroatoms. The lowest BCUT2D eigenvalue weighted by molar-refractivity contribution is -0.137. The van der Waals surface area contributed by atoms with E-state index in [4.69, 9.17) is 9.26 Å². The summed E-state index contributed by atoms with van der Waals surface area (Å²) < 4.78 is 26.5. The van der Waals surface area contributed by atoms with Gasteiger partial charge >= 0.3 is 19.7 Å². The Morgan fingerprint density at radius 3 is 2.28 bits per heavy atom. The van der Waals surface area contributed by atoms with Gasteiger partial charge in [0.25, 0.3) is 0 Å². The van der Waals surface area contributed by atoms with Crippen LogP contribution in [0.1, 0.15) is 26.3 Å². The summed E-state index contributed by atoms with van der Waals surface area (Å²) in [6, 6.07) is 4.95. The number of rotatable bonds is 6. The minimum atomic E-state index is -3.56. The van der Waals surface area contributed by atoms with Gasteiger partial charge < -0.3 is 24.2 Å². The molecule has 1 unspecified atom stereocenters. The van der Waals surface area contributed by atoms with E-state index in [2.05, 4.69) is 9.84 Å². The van der Waals surface area contributed by atoms with Crippen LogP contribution in [0.5, 0.6) is 5.75 Å². The molecule has 0 spiro atoms. The van der Waals surface area contributed by atoms with E-state index in [1.165, 1.54) is 12.1 Å². The van der Waals surface area contributed by atoms with Crippen molar-refractivity contribution in [2.75, 3.05) is 13.8 Å². The number of carbonyl (C=O) groups is 2. The fourth-order valence-electron chi connectivity index (χ4n) is 1.78. The van der Waals surface area contributed by atoms with Crippen LogP contribution in [-0.4, -0.2) is 42.6 Å². The number of amides is 1. The van der Waals surface area contributed by atoms with Crippen molar-refractivity contribution in [3.8, 4) is 5.75 Å². The van der Waals surface area contributed by atoms with E-state index in [0.29, 0.717) is 5.56 Å². The van der Waals surface area contributed by atoms with Gasteiger partial charge in [0, 0.05) is 20.2 Å². The molecule has 1 aromatic rings. The zero-order valence-corrected chi connectivity index (χ0v) is 15.8. The maximum Gasteiger partial charge on any atom is 0.408 e. The summed E-state index contributed by atoms with van der Waals surface area (Å²) in [4.78, 5) is 24.3. The molecular weight excluding hydrogens is 349 g/mol. The first-order chi connectivity index (χ1) is 11.4. The molecule has 0 aliphatic rings. The van der Waals surface area contributed by atoms with Crippen molar-refractivity contribution in [1.29, 1.82) is 0 Å². The van der Waals surface area contributed by atoms with Gasteiger partial charge in [-0.25, -0.2) is 14.2 Å². The number of aromatic hydroxyl groups is 1. The van der Waals surface area contributed by atoms with Gasteiger partial charge in [0.15, 0.2) is 0 Å². The summed E-state index contributed by atoms with van der Waals surface area (Å²) in [6.07, 6.45) is -0.751. The van der Waals surface area contributed by atoms with Gasteiger partial charge in [-0.15, -0.1) is 0 Å². The number of alkyl carbamates (subject to hydrolysis) is 1. The number of nitrogens with one attached hydrogen (secondary N) is 1. The molecule has 2 atom stereocenters. The highest BCUT2D eigenvalue weighted by Crippen LogP contribution is 2.43. The van der Waals surface area contributed by atoms with Crippen LogP contribution in [0.25, 0.3) is 0 Å². The van der Waals surface area contributed by atoms with Crippen molar-refractivity contribution >= 4 is 19.7 Å². The average molecular weight is 373 g/mol. The number of phenolic OH excluding ortho intramolecular Hbond substituents is 1. The molecule has 0 saturated carbocycles. The topological polar surface area (TPSA) is 111 Å². The molecule has 0 radical (unpaired) electrons. The second-order valence-corrected chi connectivity index (χ2v) is 8.52. The van der Waals surface area contributed by atoms with Gasteiger partial charge in [-0.1, -0.05) is 12.1 Å². The van der Waals surface area contributed by atoms with Crippen molar-refractivity contribution in [2.45, 2.75) is 38.8 Å². The number of hydrogen-bond donors (Lipinski definition) is 2. The lowest BCUT2D eigenvalue weighted by Gasteiger charge is -2.23. The highest BCUT2D eigenvalue weighted by atomic mass is 31.2. The van der Waals surface area contributed by atoms with Crippen molar-refractivity contribution in [1.82, 2.24) is 5.32 Å². The highest BCUT2D eigenvalue weighted by Gasteiger charge is 2.30. The Kier molecular flexibility index (Phi) is 7.02. The second-order valence-electron chi connectivity index (χ2n) is 6.43. The Morgan fingerprint density at radius 2 is 1.80 bits per heavy atom. The normalized spacial score (nSPS) is 14.9. The summed E-state index contributed by atoms with van der Waals surface area (Å²) >= 11 is 0. The number of ether oxygens (including phenoxy) is 1. The van der Waals surface area contributed by atoms with Gasteiger partial charge in [0.1, 0.15) is 17.4 Å². The number of benzene rings is 1. The van der Waals surface area contributed by atoms with Crippen LogP contribution in [0.3, 0.4) is 0 Å². The predicted molar refractivity (Wildman–Crippen MR) is 91.6 cm³/mol. The summed E-state index contributed by atoms with van der Waals surface area (Å²) in [5.41, 5.74) is -0.0944. The lowest BCUT2D eigenvalue weighted by Crippen LogP contribution is -2.45. The molecule has 0 fully saturated rings. The summed E-state index contributed by atoms with van der Waals surface area (Å²) in [7, 11) is -2.40. The summed E-state index contributed by atoms with van der Waals surface area (Å²) in [5.74, 6) is -0.841. The maximum atomic E-state index is 12.3. The first kappa shape index (κ1) is 21.0. The molecule has 8 nitrogen and oxygen atoms in total. The smallest absolute Gasteiger partial charge is 0.408 e. The van der Waals surface area contributed by atoms with E-state index < -0.39 is 31.3 Å². The molecule has 0 aromatic heterocycles. The Morgan fingerprint density at radius 1 is 1.24 bits per heavy atom. The lowest BCUT2D eigenvalue weighted by atomic mass is 10.1. The monoisotopic (exact) mass is 373 g/mol. The van der Waals surface area contributed by atoms with Crippen molar-refractivity contribution < 1.29 is 33.0 Å². The molecule has 0 aliphatic heterocycles. The first-order valence-corrected chi connectivity index (χ1v) is 9.55. The minimum absolute atomic E-state index is 0.0576. The van der Waals surface area contributed by atoms with E-state index in [-0.39, 0.29) is 12.2 Å². The zero-order chi connectivity index (χ0) is 19.3. The standard InChI is InChI=1S/C16H24NO7P/c1-16(2,3)23-15(20)17-13(14(19)24-25(5,21)22-4)10-11-6-8-12(18)9-7-11/h6-9,13,18H,10H2,1-5H3,(H,17,20)/t13-,25?/m0/s1. The third kappa shape index (κ3) is 8.05. The van der Waals surface area contributed by atoms with Crippen molar-refractivity contribution in [3.05, 3.63) is 29.8 Å². The fraction of sp³-hybridized carbons (Fsp3) is 0.500. The molecule has 1 rings (SSSR count). The van der Waals surface area contributed by atoms with Crippen LogP contribution in [0.2, 0.25) is 0 Å². The van der Waals surface area contributed by atoms with Gasteiger partial charge in [-0.3, -0.25) is 0 Å². The third-order valence-electron chi connectivity index (χ3n) is 2.94. The van der Waals surface area contributed by atoms with Crippen LogP contribution < -0.4 is 5.32 Å². The Balaban J connectivity index is 2.92. The average Bonchev–Trinajstić information content (AvgIpc) is 2.46. The Bertz CT molecular complexity index is 651. The second kappa shape index (κ2) is 8.36. The van der Waals surface area contributed by atoms with E-state index in [0.717, 1.165) is 13.8 Å². The SMILES string of the molecule is COP(C)(=O)OC(=O)[C@H](Cc1ccc(O)cc1)NC(=O)OC(C)(C)C. The van der Waals surface area contributed by atoms with E-state index in [1.54, 1.807) is 32.9 Å². The largest absolute Gasteiger partial charge is 0.508 e. The van der Waals surface area contributed by atoms with Gasteiger partial charge in [-0.2, -0.15) is 0 Å². The molecule has 140 valence electrons. The Labute approximate surface area is 147 Å². The van der Waals surface area contributed by atoms with E-state index in [9.17, 15) is 19.3 Å². The molecule has 0 saturated heterocycles. The van der Waals surface area contributed by atoms with Crippen LogP contribution in [-0.2, 0) is 29.6 Å². The van der Waals surface area contributed by atoms with Gasteiger partial charge in [-0.05, 0) is 38.5 Å². The van der Waals surface area contributed by atoms with Gasteiger partial charge in [0.2, 0.25) is 0 Å². The zero-order valence-electron chi connectivity index (χ0n) is 14.9. The van der Waals surface area contributed by atoms with Gasteiger partial charge in [0.05, 0.1) is 0 Å². The molecule has 1 amide bonds. The first-order valence-electron chi connectivity index (χ1n) is 7.56. The number of phenols is 1. The summed E-state index contributed by atoms with van der Waals surface area (Å²) in [6.45, 7) is 6.21. The molecule has 0 bridgehead atoms. The quantitative estimate of drug-likeness (QED) is 0.738. The maximum absolute atomic E-state index is 12.3. The third-order valence-corrected chi connectivity index (χ3v) is 4.11. The van der Waals surface area contributed by atoms with Crippen LogP contribution >= 0.6 is 7.60 Å². The van der Waals surface area contributed by atoms with E-state index >= 15 is 0 Å². The number of carbonyl (C=O) groups excluding carboxylic acids is 2. The molecule has 1 aromatic carbocycles. The fourth-order valence-corrected chi connectivity index (χ4v) is 2.30. The molecule has 2 N–H and O–H groups in total. The Hall–Kier alpha value is -2.05. The highest BCUT2D eigenvalue weighted by molar-refractivity contribution is 7.53. The van der Waals surface area contributed by atoms with Crippen LogP contribution in [0.4, 0.5) is 4.79 Å². The molecular formula is C16H24NO7P.